The van der Waals surface area contributed by atoms with Crippen molar-refractivity contribution in [3.8, 4) is 0 Å². The lowest BCUT2D eigenvalue weighted by Crippen LogP contribution is -2.58. The van der Waals surface area contributed by atoms with E-state index in [1.807, 2.05) is 0 Å². The van der Waals surface area contributed by atoms with Crippen molar-refractivity contribution in [2.24, 2.45) is 34.5 Å². The van der Waals surface area contributed by atoms with Gasteiger partial charge in [0.25, 0.3) is 0 Å². The Labute approximate surface area is 170 Å². The zero-order chi connectivity index (χ0) is 19.6. The highest BCUT2D eigenvalue weighted by molar-refractivity contribution is 5.87. The maximum absolute atomic E-state index is 12.6. The van der Waals surface area contributed by atoms with E-state index < -0.39 is 5.60 Å². The van der Waals surface area contributed by atoms with Gasteiger partial charge >= 0.3 is 0 Å². The van der Waals surface area contributed by atoms with Crippen LogP contribution in [0, 0.1) is 34.5 Å². The van der Waals surface area contributed by atoms with E-state index in [1.54, 1.807) is 0 Å². The van der Waals surface area contributed by atoms with Gasteiger partial charge in [0.05, 0.1) is 5.60 Å². The molecule has 0 aromatic carbocycles. The molecule has 4 aliphatic carbocycles. The quantitative estimate of drug-likeness (QED) is 0.763. The smallest absolute Gasteiger partial charge is 0.139 e. The Balaban J connectivity index is 1.31. The fourth-order valence-electron chi connectivity index (χ4n) is 8.52. The van der Waals surface area contributed by atoms with E-state index in [0.717, 1.165) is 76.7 Å². The first-order valence-corrected chi connectivity index (χ1v) is 12.0. The van der Waals surface area contributed by atoms with Crippen molar-refractivity contribution in [2.75, 3.05) is 32.7 Å². The molecule has 5 fully saturated rings. The minimum absolute atomic E-state index is 0.0118. The number of ketones is 1. The first-order valence-electron chi connectivity index (χ1n) is 12.0. The molecule has 0 bridgehead atoms. The molecule has 4 saturated carbocycles. The molecule has 2 unspecified atom stereocenters. The lowest BCUT2D eigenvalue weighted by atomic mass is 9.44. The van der Waals surface area contributed by atoms with Crippen molar-refractivity contribution in [1.82, 2.24) is 10.2 Å². The molecule has 1 aliphatic heterocycles. The van der Waals surface area contributed by atoms with E-state index >= 15 is 0 Å². The van der Waals surface area contributed by atoms with E-state index in [9.17, 15) is 9.90 Å². The standard InChI is InChI=1S/C24H40N2O2/c1-22-9-10-24(28,16-26-13-11-25-12-14-26)15-17(22)3-4-18-19-5-6-21(27)23(19,2)8-7-20(18)22/h17-20,25,28H,3-16H2,1-2H3/t17?,18-,19-,20+,22-,23-,24?/m0/s1. The molecule has 2 N–H and O–H groups in total. The van der Waals surface area contributed by atoms with Crippen molar-refractivity contribution in [1.29, 1.82) is 0 Å². The Kier molecular flexibility index (Phi) is 4.73. The largest absolute Gasteiger partial charge is 0.389 e. The third-order valence-corrected chi connectivity index (χ3v) is 10.3. The highest BCUT2D eigenvalue weighted by Crippen LogP contribution is 2.66. The van der Waals surface area contributed by atoms with Crippen LogP contribution in [-0.4, -0.2) is 54.1 Å². The molecular weight excluding hydrogens is 348 g/mol. The summed E-state index contributed by atoms with van der Waals surface area (Å²) < 4.78 is 0. The minimum atomic E-state index is -0.485. The lowest BCUT2D eigenvalue weighted by molar-refractivity contribution is -0.157. The molecule has 0 aromatic rings. The van der Waals surface area contributed by atoms with Gasteiger partial charge in [0.2, 0.25) is 0 Å². The van der Waals surface area contributed by atoms with Gasteiger partial charge in [-0.25, -0.2) is 0 Å². The Morgan fingerprint density at radius 1 is 1.04 bits per heavy atom. The van der Waals surface area contributed by atoms with Gasteiger partial charge in [-0.2, -0.15) is 0 Å². The Morgan fingerprint density at radius 2 is 1.82 bits per heavy atom. The molecule has 1 saturated heterocycles. The summed E-state index contributed by atoms with van der Waals surface area (Å²) in [6.07, 6.45) is 10.0. The lowest BCUT2D eigenvalue weighted by Gasteiger charge is -2.61. The number of nitrogens with zero attached hydrogens (tertiary/aromatic N) is 1. The van der Waals surface area contributed by atoms with E-state index in [0.29, 0.717) is 23.0 Å². The number of piperazine rings is 1. The Morgan fingerprint density at radius 3 is 2.61 bits per heavy atom. The van der Waals surface area contributed by atoms with E-state index in [2.05, 4.69) is 24.1 Å². The van der Waals surface area contributed by atoms with Crippen LogP contribution >= 0.6 is 0 Å². The third kappa shape index (κ3) is 2.93. The van der Waals surface area contributed by atoms with Crippen LogP contribution in [-0.2, 0) is 4.79 Å². The molecule has 158 valence electrons. The van der Waals surface area contributed by atoms with Gasteiger partial charge in [0.15, 0.2) is 0 Å². The molecule has 7 atom stereocenters. The van der Waals surface area contributed by atoms with Crippen LogP contribution in [0.25, 0.3) is 0 Å². The highest BCUT2D eigenvalue weighted by Gasteiger charge is 2.61. The molecule has 1 heterocycles. The van der Waals surface area contributed by atoms with Crippen molar-refractivity contribution in [3.05, 3.63) is 0 Å². The second kappa shape index (κ2) is 6.78. The number of β-amino-alcohol motifs (C(OH)–C–C–N with tert-alkyl or cyclic N) is 1. The second-order valence-electron chi connectivity index (χ2n) is 11.5. The van der Waals surface area contributed by atoms with Gasteiger partial charge in [-0.3, -0.25) is 9.69 Å². The molecule has 28 heavy (non-hydrogen) atoms. The Bertz CT molecular complexity index is 632. The van der Waals surface area contributed by atoms with Crippen molar-refractivity contribution in [2.45, 2.75) is 77.2 Å². The SMILES string of the molecule is C[C@]12CCC(O)(CN3CCNCC3)CC1CC[C@@H]1[C@H]2CC[C@]2(C)C(=O)CC[C@@H]12. The van der Waals surface area contributed by atoms with Crippen LogP contribution in [0.15, 0.2) is 0 Å². The molecule has 0 amide bonds. The summed E-state index contributed by atoms with van der Waals surface area (Å²) in [6, 6.07) is 0. The van der Waals surface area contributed by atoms with Crippen LogP contribution in [0.1, 0.15) is 71.6 Å². The van der Waals surface area contributed by atoms with Gasteiger partial charge in [-0.1, -0.05) is 13.8 Å². The molecule has 4 heteroatoms. The number of hydrogen-bond acceptors (Lipinski definition) is 4. The number of hydrogen-bond donors (Lipinski definition) is 2. The number of nitrogens with one attached hydrogen (secondary N) is 1. The summed E-state index contributed by atoms with van der Waals surface area (Å²) in [7, 11) is 0. The van der Waals surface area contributed by atoms with Crippen molar-refractivity contribution < 1.29 is 9.90 Å². The van der Waals surface area contributed by atoms with E-state index in [1.165, 1.54) is 25.7 Å². The third-order valence-electron chi connectivity index (χ3n) is 10.3. The molecule has 0 radical (unpaired) electrons. The average Bonchev–Trinajstić information content (AvgIpc) is 2.98. The molecule has 0 spiro atoms. The molecule has 5 aliphatic rings. The first-order chi connectivity index (χ1) is 13.3. The molecule has 4 nitrogen and oxygen atoms in total. The number of fused-ring (bicyclic) bond motifs is 5. The van der Waals surface area contributed by atoms with Crippen molar-refractivity contribution in [3.63, 3.8) is 0 Å². The number of carbonyl (C=O) groups is 1. The predicted molar refractivity (Wildman–Crippen MR) is 111 cm³/mol. The first kappa shape index (κ1) is 19.5. The summed E-state index contributed by atoms with van der Waals surface area (Å²) in [5, 5.41) is 14.9. The summed E-state index contributed by atoms with van der Waals surface area (Å²) in [5.74, 6) is 3.39. The topological polar surface area (TPSA) is 52.6 Å². The van der Waals surface area contributed by atoms with Crippen LogP contribution in [0.2, 0.25) is 0 Å². The summed E-state index contributed by atoms with van der Waals surface area (Å²) in [5.41, 5.74) is -0.117. The monoisotopic (exact) mass is 388 g/mol. The summed E-state index contributed by atoms with van der Waals surface area (Å²) in [6.45, 7) is 9.96. The van der Waals surface area contributed by atoms with Gasteiger partial charge in [-0.05, 0) is 80.5 Å². The molecule has 0 aromatic heterocycles. The number of rotatable bonds is 2. The maximum atomic E-state index is 12.6. The van der Waals surface area contributed by atoms with Gasteiger partial charge in [0, 0.05) is 44.6 Å². The Hall–Kier alpha value is -0.450. The zero-order valence-corrected chi connectivity index (χ0v) is 18.0. The number of aliphatic hydroxyl groups is 1. The number of Topliss-reactive ketones (excluding diaryl/α,β-unsaturated/α-hetero) is 1. The fourth-order valence-corrected chi connectivity index (χ4v) is 8.52. The van der Waals surface area contributed by atoms with E-state index in [-0.39, 0.29) is 5.41 Å². The number of carbonyl (C=O) groups excluding carboxylic acids is 1. The maximum Gasteiger partial charge on any atom is 0.139 e. The van der Waals surface area contributed by atoms with Gasteiger partial charge < -0.3 is 10.4 Å². The zero-order valence-electron chi connectivity index (χ0n) is 18.0. The second-order valence-corrected chi connectivity index (χ2v) is 11.5. The van der Waals surface area contributed by atoms with Crippen LogP contribution in [0.4, 0.5) is 0 Å². The predicted octanol–water partition coefficient (Wildman–Crippen LogP) is 3.23. The van der Waals surface area contributed by atoms with Crippen LogP contribution < -0.4 is 5.32 Å². The minimum Gasteiger partial charge on any atom is -0.389 e. The molecular formula is C24H40N2O2. The molecule has 5 rings (SSSR count). The van der Waals surface area contributed by atoms with E-state index in [4.69, 9.17) is 0 Å². The highest BCUT2D eigenvalue weighted by atomic mass is 16.3. The summed E-state index contributed by atoms with van der Waals surface area (Å²) >= 11 is 0. The van der Waals surface area contributed by atoms with Gasteiger partial charge in [-0.15, -0.1) is 0 Å². The summed E-state index contributed by atoms with van der Waals surface area (Å²) in [4.78, 5) is 15.1. The normalized spacial score (nSPS) is 52.0. The van der Waals surface area contributed by atoms with Gasteiger partial charge in [0.1, 0.15) is 5.78 Å². The van der Waals surface area contributed by atoms with Crippen LogP contribution in [0.5, 0.6) is 0 Å². The van der Waals surface area contributed by atoms with Crippen molar-refractivity contribution >= 4 is 5.78 Å². The fraction of sp³-hybridized carbons (Fsp3) is 0.958. The van der Waals surface area contributed by atoms with Crippen LogP contribution in [0.3, 0.4) is 0 Å². The average molecular weight is 389 g/mol.